The Hall–Kier alpha value is -2.09. The highest BCUT2D eigenvalue weighted by Gasteiger charge is 2.31. The van der Waals surface area contributed by atoms with Crippen LogP contribution >= 0.6 is 15.9 Å². The van der Waals surface area contributed by atoms with Gasteiger partial charge >= 0.3 is 0 Å². The molecule has 0 amide bonds. The quantitative estimate of drug-likeness (QED) is 0.781. The second-order valence-corrected chi connectivity index (χ2v) is 5.57. The van der Waals surface area contributed by atoms with Gasteiger partial charge in [-0.2, -0.15) is 5.10 Å². The SMILES string of the molecule is [2H]C([2H])([2H])Oc1ncnc(C2CC2)c1-c1ncc2n[nH]c(Br)c2n1. The van der Waals surface area contributed by atoms with Crippen molar-refractivity contribution in [2.24, 2.45) is 0 Å². The molecule has 0 radical (unpaired) electrons. The van der Waals surface area contributed by atoms with E-state index in [1.54, 1.807) is 6.20 Å². The average Bonchev–Trinajstić information content (AvgIpc) is 3.30. The first-order chi connectivity index (χ1) is 11.4. The topological polar surface area (TPSA) is 89.5 Å². The van der Waals surface area contributed by atoms with Gasteiger partial charge in [-0.15, -0.1) is 0 Å². The van der Waals surface area contributed by atoms with E-state index < -0.39 is 7.04 Å². The van der Waals surface area contributed by atoms with Gasteiger partial charge in [0.1, 0.15) is 27.5 Å². The van der Waals surface area contributed by atoms with Gasteiger partial charge in [-0.05, 0) is 28.8 Å². The van der Waals surface area contributed by atoms with Crippen molar-refractivity contribution in [1.82, 2.24) is 30.1 Å². The molecule has 21 heavy (non-hydrogen) atoms. The molecule has 0 saturated heterocycles. The van der Waals surface area contributed by atoms with Gasteiger partial charge in [-0.1, -0.05) is 0 Å². The lowest BCUT2D eigenvalue weighted by molar-refractivity contribution is 0.397. The molecule has 0 atom stereocenters. The van der Waals surface area contributed by atoms with Crippen LogP contribution in [0.25, 0.3) is 22.4 Å². The van der Waals surface area contributed by atoms with Crippen molar-refractivity contribution in [2.45, 2.75) is 18.8 Å². The minimum absolute atomic E-state index is 0.0362. The Morgan fingerprint density at radius 2 is 2.29 bits per heavy atom. The van der Waals surface area contributed by atoms with Gasteiger partial charge < -0.3 is 4.74 Å². The number of nitrogens with one attached hydrogen (secondary N) is 1. The molecule has 4 rings (SSSR count). The molecule has 0 bridgehead atoms. The zero-order chi connectivity index (χ0) is 16.9. The molecule has 1 saturated carbocycles. The normalized spacial score (nSPS) is 17.3. The van der Waals surface area contributed by atoms with Gasteiger partial charge in [0, 0.05) is 5.92 Å². The van der Waals surface area contributed by atoms with Crippen LogP contribution in [0.4, 0.5) is 0 Å². The van der Waals surface area contributed by atoms with Crippen molar-refractivity contribution in [3.63, 3.8) is 0 Å². The molecule has 8 heteroatoms. The summed E-state index contributed by atoms with van der Waals surface area (Å²) >= 11 is 3.34. The highest BCUT2D eigenvalue weighted by atomic mass is 79.9. The van der Waals surface area contributed by atoms with Crippen LogP contribution in [0, 0.1) is 0 Å². The molecule has 7 nitrogen and oxygen atoms in total. The van der Waals surface area contributed by atoms with Crippen LogP contribution in [0.3, 0.4) is 0 Å². The molecule has 3 aromatic rings. The molecular weight excluding hydrogens is 336 g/mol. The molecule has 1 aliphatic carbocycles. The van der Waals surface area contributed by atoms with Crippen LogP contribution < -0.4 is 4.74 Å². The highest BCUT2D eigenvalue weighted by Crippen LogP contribution is 2.44. The van der Waals surface area contributed by atoms with E-state index in [4.69, 9.17) is 8.85 Å². The lowest BCUT2D eigenvalue weighted by Gasteiger charge is -2.10. The second kappa shape index (κ2) is 4.73. The minimum Gasteiger partial charge on any atom is -0.480 e. The van der Waals surface area contributed by atoms with Gasteiger partial charge in [0.25, 0.3) is 0 Å². The van der Waals surface area contributed by atoms with Crippen LogP contribution in [-0.2, 0) is 0 Å². The molecule has 106 valence electrons. The molecule has 0 spiro atoms. The van der Waals surface area contributed by atoms with E-state index >= 15 is 0 Å². The van der Waals surface area contributed by atoms with Crippen LogP contribution in [0.15, 0.2) is 17.1 Å². The number of H-pyrrole nitrogens is 1. The fourth-order valence-corrected chi connectivity index (χ4v) is 2.62. The maximum atomic E-state index is 7.35. The number of halogens is 1. The molecular formula is C13H11BrN6O. The number of fused-ring (bicyclic) bond motifs is 1. The summed E-state index contributed by atoms with van der Waals surface area (Å²) in [6.07, 6.45) is 4.83. The van der Waals surface area contributed by atoms with E-state index in [-0.39, 0.29) is 11.8 Å². The van der Waals surface area contributed by atoms with Crippen LogP contribution in [0.5, 0.6) is 5.88 Å². The molecule has 1 aliphatic rings. The Balaban J connectivity index is 1.91. The zero-order valence-electron chi connectivity index (χ0n) is 13.7. The Bertz CT molecular complexity index is 924. The van der Waals surface area contributed by atoms with E-state index in [0.29, 0.717) is 32.7 Å². The van der Waals surface area contributed by atoms with E-state index in [1.165, 1.54) is 6.33 Å². The van der Waals surface area contributed by atoms with Gasteiger partial charge in [0.2, 0.25) is 5.88 Å². The van der Waals surface area contributed by atoms with Crippen molar-refractivity contribution in [3.05, 3.63) is 22.8 Å². The maximum Gasteiger partial charge on any atom is 0.227 e. The third kappa shape index (κ3) is 2.06. The van der Waals surface area contributed by atoms with E-state index in [1.807, 2.05) is 0 Å². The number of aromatic nitrogens is 6. The fourth-order valence-electron chi connectivity index (χ4n) is 2.24. The lowest BCUT2D eigenvalue weighted by Crippen LogP contribution is -2.02. The van der Waals surface area contributed by atoms with E-state index in [0.717, 1.165) is 12.8 Å². The summed E-state index contributed by atoms with van der Waals surface area (Å²) in [4.78, 5) is 17.1. The first-order valence-corrected chi connectivity index (χ1v) is 7.12. The van der Waals surface area contributed by atoms with Crippen molar-refractivity contribution in [2.75, 3.05) is 7.04 Å². The molecule has 3 aromatic heterocycles. The van der Waals surface area contributed by atoms with E-state index in [9.17, 15) is 0 Å². The summed E-state index contributed by atoms with van der Waals surface area (Å²) in [6, 6.07) is 0. The second-order valence-electron chi connectivity index (χ2n) is 4.78. The van der Waals surface area contributed by atoms with Crippen molar-refractivity contribution >= 4 is 27.0 Å². The predicted molar refractivity (Wildman–Crippen MR) is 78.9 cm³/mol. The average molecular weight is 350 g/mol. The van der Waals surface area contributed by atoms with Crippen molar-refractivity contribution in [1.29, 1.82) is 0 Å². The molecule has 3 heterocycles. The monoisotopic (exact) mass is 349 g/mol. The fraction of sp³-hybridized carbons (Fsp3) is 0.308. The van der Waals surface area contributed by atoms with Crippen LogP contribution in [-0.4, -0.2) is 37.2 Å². The Morgan fingerprint density at radius 3 is 3.10 bits per heavy atom. The summed E-state index contributed by atoms with van der Waals surface area (Å²) in [6.45, 7) is 0. The lowest BCUT2D eigenvalue weighted by atomic mass is 10.1. The summed E-state index contributed by atoms with van der Waals surface area (Å²) in [5.74, 6) is 0.520. The van der Waals surface area contributed by atoms with Crippen molar-refractivity contribution in [3.8, 4) is 17.3 Å². The zero-order valence-corrected chi connectivity index (χ0v) is 12.3. The standard InChI is InChI=1S/C13H11BrN6O/c1-21-13-8(9(6-2-3-6)16-5-17-13)12-15-4-7-10(18-12)11(14)20-19-7/h4-6H,2-3H2,1H3,(H,19,20)/i1D3. The summed E-state index contributed by atoms with van der Waals surface area (Å²) < 4.78 is 27.7. The molecule has 0 aromatic carbocycles. The van der Waals surface area contributed by atoms with Gasteiger partial charge in [0.15, 0.2) is 5.82 Å². The molecule has 1 fully saturated rings. The van der Waals surface area contributed by atoms with Crippen molar-refractivity contribution < 1.29 is 8.85 Å². The Labute approximate surface area is 132 Å². The number of hydrogen-bond donors (Lipinski definition) is 1. The Morgan fingerprint density at radius 1 is 1.38 bits per heavy atom. The maximum absolute atomic E-state index is 7.35. The van der Waals surface area contributed by atoms with Gasteiger partial charge in [-0.3, -0.25) is 5.10 Å². The van der Waals surface area contributed by atoms with Gasteiger partial charge in [-0.25, -0.2) is 19.9 Å². The summed E-state index contributed by atoms with van der Waals surface area (Å²) in [5, 5.41) is 6.82. The summed E-state index contributed by atoms with van der Waals surface area (Å²) in [7, 11) is -2.62. The minimum atomic E-state index is -2.62. The molecule has 1 N–H and O–H groups in total. The number of hydrogen-bond acceptors (Lipinski definition) is 6. The molecule has 0 aliphatic heterocycles. The molecule has 0 unspecified atom stereocenters. The summed E-state index contributed by atoms with van der Waals surface area (Å²) in [5.41, 5.74) is 2.31. The predicted octanol–water partition coefficient (Wildman–Crippen LogP) is 2.46. The number of ether oxygens (including phenoxy) is 1. The number of methoxy groups -OCH3 is 1. The van der Waals surface area contributed by atoms with Crippen LogP contribution in [0.1, 0.15) is 28.6 Å². The number of aromatic amines is 1. The number of rotatable bonds is 3. The van der Waals surface area contributed by atoms with E-state index in [2.05, 4.69) is 46.1 Å². The first-order valence-electron chi connectivity index (χ1n) is 7.83. The van der Waals surface area contributed by atoms with Crippen LogP contribution in [0.2, 0.25) is 0 Å². The first kappa shape index (κ1) is 9.78. The highest BCUT2D eigenvalue weighted by molar-refractivity contribution is 9.10. The smallest absolute Gasteiger partial charge is 0.227 e. The number of nitrogens with zero attached hydrogens (tertiary/aromatic N) is 5. The third-order valence-corrected chi connectivity index (χ3v) is 3.93. The van der Waals surface area contributed by atoms with Gasteiger partial charge in [0.05, 0.1) is 23.0 Å². The largest absolute Gasteiger partial charge is 0.480 e. The Kier molecular flexibility index (Phi) is 2.20. The third-order valence-electron chi connectivity index (χ3n) is 3.38.